The van der Waals surface area contributed by atoms with Gasteiger partial charge in [0.1, 0.15) is 0 Å². The van der Waals surface area contributed by atoms with Crippen LogP contribution < -0.4 is 15.8 Å². The van der Waals surface area contributed by atoms with Crippen molar-refractivity contribution in [1.82, 2.24) is 0 Å². The molecule has 0 aromatic heterocycles. The highest BCUT2D eigenvalue weighted by atomic mass is 16.1. The second kappa shape index (κ2) is 9.08. The molecule has 1 N–H and O–H groups in total. The van der Waals surface area contributed by atoms with Gasteiger partial charge in [-0.25, -0.2) is 0 Å². The molecule has 2 nitrogen and oxygen atoms in total. The number of carbonyl (C=O) groups excluding carboxylic acids is 1. The van der Waals surface area contributed by atoms with Crippen LogP contribution in [0.5, 0.6) is 0 Å². The normalized spacial score (nSPS) is 11.7. The van der Waals surface area contributed by atoms with Gasteiger partial charge in [0.05, 0.1) is 5.69 Å². The second-order valence-electron chi connectivity index (χ2n) is 8.86. The molecule has 170 valence electrons. The van der Waals surface area contributed by atoms with Crippen molar-refractivity contribution in [2.75, 3.05) is 5.32 Å². The van der Waals surface area contributed by atoms with E-state index in [1.54, 1.807) is 6.92 Å². The van der Waals surface area contributed by atoms with Crippen molar-refractivity contribution in [1.29, 1.82) is 0 Å². The summed E-state index contributed by atoms with van der Waals surface area (Å²) in [5, 5.41) is 9.72. The van der Waals surface area contributed by atoms with E-state index in [-0.39, 0.29) is 5.91 Å². The van der Waals surface area contributed by atoms with Crippen molar-refractivity contribution in [3.63, 3.8) is 0 Å². The lowest BCUT2D eigenvalue weighted by atomic mass is 9.91. The third-order valence-corrected chi connectivity index (χ3v) is 6.52. The first-order chi connectivity index (χ1) is 17.0. The fraction of sp³-hybridized carbons (Fsp3) is 0.0606. The highest BCUT2D eigenvalue weighted by Crippen LogP contribution is 2.37. The smallest absolute Gasteiger partial charge is 0.221 e. The molecule has 0 fully saturated rings. The van der Waals surface area contributed by atoms with E-state index in [0.29, 0.717) is 0 Å². The van der Waals surface area contributed by atoms with Gasteiger partial charge >= 0.3 is 0 Å². The number of benzene rings is 5. The summed E-state index contributed by atoms with van der Waals surface area (Å²) in [5.74, 6) is -0.0886. The van der Waals surface area contributed by atoms with Crippen LogP contribution in [0.1, 0.15) is 12.5 Å². The third-order valence-electron chi connectivity index (χ3n) is 6.52. The van der Waals surface area contributed by atoms with Crippen LogP contribution in [0.4, 0.5) is 5.69 Å². The maximum Gasteiger partial charge on any atom is 0.221 e. The molecule has 0 saturated heterocycles. The second-order valence-corrected chi connectivity index (χ2v) is 8.86. The Kier molecular flexibility index (Phi) is 5.80. The molecule has 35 heavy (non-hydrogen) atoms. The molecule has 5 aromatic rings. The van der Waals surface area contributed by atoms with Gasteiger partial charge in [0, 0.05) is 12.5 Å². The minimum absolute atomic E-state index is 0.0886. The zero-order valence-electron chi connectivity index (χ0n) is 20.1. The van der Waals surface area contributed by atoms with Crippen LogP contribution in [0.3, 0.4) is 0 Å². The molecule has 0 atom stereocenters. The number of aryl methyl sites for hydroxylation is 1. The zero-order valence-corrected chi connectivity index (χ0v) is 20.1. The maximum absolute atomic E-state index is 12.1. The Balaban J connectivity index is 1.85. The first-order valence-electron chi connectivity index (χ1n) is 11.7. The van der Waals surface area contributed by atoms with E-state index in [9.17, 15) is 4.79 Å². The van der Waals surface area contributed by atoms with Crippen LogP contribution in [0, 0.1) is 6.92 Å². The van der Waals surface area contributed by atoms with Crippen LogP contribution in [0.25, 0.3) is 56.5 Å². The Bertz CT molecular complexity index is 1730. The van der Waals surface area contributed by atoms with E-state index >= 15 is 0 Å². The lowest BCUT2D eigenvalue weighted by Gasteiger charge is -2.17. The van der Waals surface area contributed by atoms with E-state index < -0.39 is 0 Å². The number of anilines is 1. The monoisotopic (exact) mass is 453 g/mol. The number of rotatable bonds is 4. The summed E-state index contributed by atoms with van der Waals surface area (Å²) in [6.45, 7) is 11.9. The van der Waals surface area contributed by atoms with Crippen LogP contribution in [0.2, 0.25) is 0 Å². The maximum atomic E-state index is 12.1. The summed E-state index contributed by atoms with van der Waals surface area (Å²) in [7, 11) is 0. The largest absolute Gasteiger partial charge is 0.326 e. The topological polar surface area (TPSA) is 29.1 Å². The average molecular weight is 454 g/mol. The Hall–Kier alpha value is -4.43. The molecule has 1 amide bonds. The van der Waals surface area contributed by atoms with Gasteiger partial charge in [0.2, 0.25) is 5.91 Å². The predicted molar refractivity (Wildman–Crippen MR) is 151 cm³/mol. The first-order valence-corrected chi connectivity index (χ1v) is 11.7. The SMILES string of the molecule is C=C/C=c1\c(=C)c2ccccc2c2ccc(-c3cc(-c4ccccc4)cc(C)c3NC(C)=O)cc12. The fourth-order valence-corrected chi connectivity index (χ4v) is 4.92. The summed E-state index contributed by atoms with van der Waals surface area (Å²) in [5.41, 5.74) is 6.13. The van der Waals surface area contributed by atoms with Gasteiger partial charge in [-0.1, -0.05) is 92.0 Å². The van der Waals surface area contributed by atoms with Crippen LogP contribution >= 0.6 is 0 Å². The quantitative estimate of drug-likeness (QED) is 0.293. The van der Waals surface area contributed by atoms with E-state index in [4.69, 9.17) is 0 Å². The Morgan fingerprint density at radius 2 is 1.46 bits per heavy atom. The van der Waals surface area contributed by atoms with Gasteiger partial charge in [0.25, 0.3) is 0 Å². The minimum atomic E-state index is -0.0886. The van der Waals surface area contributed by atoms with E-state index in [0.717, 1.165) is 54.7 Å². The van der Waals surface area contributed by atoms with Gasteiger partial charge in [-0.3, -0.25) is 4.79 Å². The molecule has 0 aliphatic rings. The number of carbonyl (C=O) groups is 1. The van der Waals surface area contributed by atoms with Gasteiger partial charge < -0.3 is 5.32 Å². The number of allylic oxidation sites excluding steroid dienone is 1. The molecule has 0 heterocycles. The number of hydrogen-bond acceptors (Lipinski definition) is 1. The van der Waals surface area contributed by atoms with Crippen molar-refractivity contribution in [2.45, 2.75) is 13.8 Å². The molecule has 2 heteroatoms. The molecule has 0 spiro atoms. The van der Waals surface area contributed by atoms with Crippen molar-refractivity contribution < 1.29 is 4.79 Å². The molecular weight excluding hydrogens is 426 g/mol. The Morgan fingerprint density at radius 3 is 2.17 bits per heavy atom. The van der Waals surface area contributed by atoms with E-state index in [1.165, 1.54) is 10.8 Å². The lowest BCUT2D eigenvalue weighted by Crippen LogP contribution is -2.24. The Morgan fingerprint density at radius 1 is 0.771 bits per heavy atom. The summed E-state index contributed by atoms with van der Waals surface area (Å²) in [6.07, 6.45) is 3.84. The molecule has 0 unspecified atom stereocenters. The predicted octanol–water partition coefficient (Wildman–Crippen LogP) is 6.97. The lowest BCUT2D eigenvalue weighted by molar-refractivity contribution is -0.114. The molecular formula is C33H27NO. The van der Waals surface area contributed by atoms with Crippen molar-refractivity contribution in [3.8, 4) is 22.3 Å². The summed E-state index contributed by atoms with van der Waals surface area (Å²) in [6, 6.07) is 29.5. The Labute approximate surface area is 205 Å². The highest BCUT2D eigenvalue weighted by Gasteiger charge is 2.14. The first kappa shape index (κ1) is 22.4. The third kappa shape index (κ3) is 4.04. The number of amides is 1. The summed E-state index contributed by atoms with van der Waals surface area (Å²) < 4.78 is 0. The number of nitrogens with one attached hydrogen (secondary N) is 1. The average Bonchev–Trinajstić information content (AvgIpc) is 2.87. The molecule has 0 bridgehead atoms. The van der Waals surface area contributed by atoms with Crippen LogP contribution in [0.15, 0.2) is 97.6 Å². The molecule has 0 aliphatic heterocycles. The van der Waals surface area contributed by atoms with Crippen molar-refractivity contribution >= 4 is 45.8 Å². The van der Waals surface area contributed by atoms with E-state index in [2.05, 4.69) is 79.1 Å². The minimum Gasteiger partial charge on any atom is -0.326 e. The van der Waals surface area contributed by atoms with E-state index in [1.807, 2.05) is 43.3 Å². The van der Waals surface area contributed by atoms with Gasteiger partial charge in [0.15, 0.2) is 0 Å². The van der Waals surface area contributed by atoms with Gasteiger partial charge in [-0.2, -0.15) is 0 Å². The highest BCUT2D eigenvalue weighted by molar-refractivity contribution is 6.09. The van der Waals surface area contributed by atoms with Gasteiger partial charge in [-0.05, 0) is 79.4 Å². The molecule has 0 radical (unpaired) electrons. The zero-order chi connectivity index (χ0) is 24.5. The van der Waals surface area contributed by atoms with Crippen LogP contribution in [-0.2, 0) is 4.79 Å². The van der Waals surface area contributed by atoms with Crippen molar-refractivity contribution in [2.24, 2.45) is 0 Å². The summed E-state index contributed by atoms with van der Waals surface area (Å²) >= 11 is 0. The molecule has 0 aliphatic carbocycles. The van der Waals surface area contributed by atoms with Crippen molar-refractivity contribution in [3.05, 3.63) is 114 Å². The fourth-order valence-electron chi connectivity index (χ4n) is 4.92. The van der Waals surface area contributed by atoms with Crippen LogP contribution in [-0.4, -0.2) is 5.91 Å². The standard InChI is InChI=1S/C33H27NO/c1-5-11-27-22(3)28-14-9-10-15-29(28)30-17-16-25(19-32(27)30)31-20-26(24-12-7-6-8-13-24)18-21(2)33(31)34-23(4)35/h5-20H,1,3H2,2,4H3,(H,34,35)/b27-11+. The molecule has 5 rings (SSSR count). The number of hydrogen-bond donors (Lipinski definition) is 1. The molecule has 5 aromatic carbocycles. The summed E-state index contributed by atoms with van der Waals surface area (Å²) in [4.78, 5) is 12.1. The number of fused-ring (bicyclic) bond motifs is 3. The van der Waals surface area contributed by atoms with Gasteiger partial charge in [-0.15, -0.1) is 0 Å². The molecule has 0 saturated carbocycles.